The summed E-state index contributed by atoms with van der Waals surface area (Å²) in [5, 5.41) is 19.6. The van der Waals surface area contributed by atoms with Crippen molar-refractivity contribution < 1.29 is 38.4 Å². The molecular formula is C55H60N4O8S3. The van der Waals surface area contributed by atoms with Gasteiger partial charge < -0.3 is 34.3 Å². The zero-order valence-corrected chi connectivity index (χ0v) is 43.1. The molecule has 1 aromatic heterocycles. The van der Waals surface area contributed by atoms with Gasteiger partial charge in [0.05, 0.1) is 67.1 Å². The maximum Gasteiger partial charge on any atom is 0.411 e. The average molecular weight is 1000 g/mol. The minimum Gasteiger partial charge on any atom is -0.489 e. The predicted molar refractivity (Wildman–Crippen MR) is 285 cm³/mol. The molecule has 0 saturated carbocycles. The van der Waals surface area contributed by atoms with E-state index in [9.17, 15) is 19.5 Å². The third kappa shape index (κ3) is 12.6. The Labute approximate surface area is 420 Å². The van der Waals surface area contributed by atoms with Crippen LogP contribution in [-0.4, -0.2) is 96.5 Å². The highest BCUT2D eigenvalue weighted by atomic mass is 33.1. The van der Waals surface area contributed by atoms with Crippen molar-refractivity contribution in [3.8, 4) is 35.2 Å². The monoisotopic (exact) mass is 1000 g/mol. The number of carbonyl (C=O) groups is 3. The van der Waals surface area contributed by atoms with Gasteiger partial charge in [-0.1, -0.05) is 95.4 Å². The molecule has 3 aromatic carbocycles. The lowest BCUT2D eigenvalue weighted by Gasteiger charge is -2.31. The number of rotatable bonds is 16. The second kappa shape index (κ2) is 23.2. The number of alkyl carbamates (subject to hydrolysis) is 1. The van der Waals surface area contributed by atoms with Crippen molar-refractivity contribution in [2.45, 2.75) is 72.1 Å². The number of pyridine rings is 1. The standard InChI is InChI=1S/C55H60N4O8S3/c1-8-10-11-12-13-18-49(52-42(21-22-70(7,68)69)47(60)28-48(61)53(52)58-55(63)64-6)66-32-35(4)36(5)33-67-51-27-46-43(26-50(51)65-31-34(3)9-2)54(62)59-30-40(24-41(59)29-56-46)37-19-20-39-23-38-16-14-15-17-44(38)57-45(39)25-37/h11-12,14-17,19-21,23,25-27,30,34-36,41,47,49,56,60H,9,22,24,28-29,31-33H2,1-7H3,(H,58,63)/b12-11-,42-21-/t34?,35?,36?,41?,47-,49-/m0/s1. The van der Waals surface area contributed by atoms with Crippen molar-refractivity contribution in [1.29, 1.82) is 0 Å². The lowest BCUT2D eigenvalue weighted by atomic mass is 9.84. The first kappa shape index (κ1) is 51.8. The van der Waals surface area contributed by atoms with Gasteiger partial charge in [-0.05, 0) is 113 Å². The van der Waals surface area contributed by atoms with E-state index < -0.39 is 31.2 Å². The molecule has 0 bridgehead atoms. The van der Waals surface area contributed by atoms with Crippen molar-refractivity contribution in [3.63, 3.8) is 0 Å². The first-order valence-corrected chi connectivity index (χ1v) is 27.5. The molecule has 3 heterocycles. The number of amides is 2. The minimum absolute atomic E-state index is 0.0805. The number of aliphatic hydroxyl groups is 1. The van der Waals surface area contributed by atoms with Crippen molar-refractivity contribution in [1.82, 2.24) is 15.2 Å². The summed E-state index contributed by atoms with van der Waals surface area (Å²) in [6.45, 7) is 11.4. The van der Waals surface area contributed by atoms with Gasteiger partial charge in [0.25, 0.3) is 5.91 Å². The molecule has 0 saturated heterocycles. The number of ether oxygens (including phenoxy) is 4. The number of para-hydroxylation sites is 1. The van der Waals surface area contributed by atoms with Gasteiger partial charge in [-0.15, -0.1) is 5.92 Å². The fraction of sp³-hybridized carbons (Fsp3) is 0.382. The molecule has 0 spiro atoms. The zero-order valence-electron chi connectivity index (χ0n) is 40.6. The second-order valence-corrected chi connectivity index (χ2v) is 25.4. The lowest BCUT2D eigenvalue weighted by molar-refractivity contribution is -0.118. The Bertz CT molecular complexity index is 3050. The SMILES string of the molecule is CC#C/C=C\C#C[C@H](OCC(C)C(C)COc1cc2c(cc1OCC(C)CC)C(=O)N1C=C(c3ccc4cc5ccccc5nc4c3)CC1CN2)C1=C(NC(=O)OC)C(=O)C[C@H](O)/C1=C/CS(C)(=S)=S. The number of nitrogens with zero attached hydrogens (tertiary/aromatic N) is 2. The molecule has 2 amide bonds. The first-order chi connectivity index (χ1) is 33.6. The van der Waals surface area contributed by atoms with Gasteiger partial charge in [-0.2, -0.15) is 0 Å². The van der Waals surface area contributed by atoms with Gasteiger partial charge in [0, 0.05) is 47.3 Å². The maximum atomic E-state index is 14.5. The highest BCUT2D eigenvalue weighted by Crippen LogP contribution is 2.41. The lowest BCUT2D eigenvalue weighted by Crippen LogP contribution is -2.39. The number of methoxy groups -OCH3 is 1. The number of allylic oxidation sites excluding steroid dienone is 3. The van der Waals surface area contributed by atoms with E-state index in [1.165, 1.54) is 7.11 Å². The molecule has 0 fully saturated rings. The van der Waals surface area contributed by atoms with Crippen molar-refractivity contribution in [3.05, 3.63) is 113 Å². The molecule has 6 atom stereocenters. The van der Waals surface area contributed by atoms with Crippen LogP contribution >= 0.6 is 0 Å². The Morgan fingerprint density at radius 3 is 2.46 bits per heavy atom. The minimum atomic E-state index is -1.89. The molecule has 4 aromatic rings. The Morgan fingerprint density at radius 2 is 1.70 bits per heavy atom. The summed E-state index contributed by atoms with van der Waals surface area (Å²) in [6.07, 6.45) is 6.81. The van der Waals surface area contributed by atoms with Crippen LogP contribution in [0.1, 0.15) is 69.8 Å². The van der Waals surface area contributed by atoms with E-state index in [1.807, 2.05) is 49.2 Å². The topological polar surface area (TPSA) is 149 Å². The van der Waals surface area contributed by atoms with E-state index in [4.69, 9.17) is 46.3 Å². The summed E-state index contributed by atoms with van der Waals surface area (Å²) in [7, 11) is -0.695. The van der Waals surface area contributed by atoms with Crippen LogP contribution in [0.4, 0.5) is 10.5 Å². The van der Waals surface area contributed by atoms with E-state index in [0.29, 0.717) is 53.6 Å². The molecule has 15 heteroatoms. The van der Waals surface area contributed by atoms with Crippen LogP contribution in [0.15, 0.2) is 102 Å². The number of anilines is 1. The highest BCUT2D eigenvalue weighted by molar-refractivity contribution is 8.56. The van der Waals surface area contributed by atoms with Gasteiger partial charge in [-0.25, -0.2) is 9.78 Å². The summed E-state index contributed by atoms with van der Waals surface area (Å²) < 4.78 is 24.4. The summed E-state index contributed by atoms with van der Waals surface area (Å²) in [5.74, 6) is 12.3. The molecule has 2 aliphatic heterocycles. The molecule has 366 valence electrons. The van der Waals surface area contributed by atoms with E-state index in [-0.39, 0.29) is 60.6 Å². The summed E-state index contributed by atoms with van der Waals surface area (Å²) >= 11 is 11.1. The average Bonchev–Trinajstić information content (AvgIpc) is 3.73. The Morgan fingerprint density at radius 1 is 0.971 bits per heavy atom. The van der Waals surface area contributed by atoms with Gasteiger partial charge in [0.2, 0.25) is 0 Å². The predicted octanol–water partition coefficient (Wildman–Crippen LogP) is 8.69. The van der Waals surface area contributed by atoms with Crippen LogP contribution in [0.5, 0.6) is 11.5 Å². The number of ketones is 1. The van der Waals surface area contributed by atoms with Crippen molar-refractivity contribution >= 4 is 80.4 Å². The number of nitrogens with one attached hydrogen (secondary N) is 2. The van der Waals surface area contributed by atoms with E-state index in [0.717, 1.165) is 39.4 Å². The highest BCUT2D eigenvalue weighted by Gasteiger charge is 2.37. The number of Topliss-reactive ketones (excluding diaryl/α,β-unsaturated/α-hetero) is 1. The molecule has 12 nitrogen and oxygen atoms in total. The first-order valence-electron chi connectivity index (χ1n) is 23.5. The van der Waals surface area contributed by atoms with Crippen molar-refractivity contribution in [2.75, 3.05) is 50.8 Å². The number of hydrogen-bond donors (Lipinski definition) is 3. The Hall–Kier alpha value is -6.07. The number of carbonyl (C=O) groups excluding carboxylic acids is 3. The molecule has 3 aliphatic rings. The van der Waals surface area contributed by atoms with E-state index in [2.05, 4.69) is 78.5 Å². The Balaban J connectivity index is 1.12. The van der Waals surface area contributed by atoms with E-state index in [1.54, 1.807) is 37.5 Å². The van der Waals surface area contributed by atoms with Gasteiger partial charge in [0.15, 0.2) is 17.3 Å². The number of benzene rings is 3. The maximum absolute atomic E-state index is 14.5. The van der Waals surface area contributed by atoms with Gasteiger partial charge in [0.1, 0.15) is 6.10 Å². The summed E-state index contributed by atoms with van der Waals surface area (Å²) in [5.41, 5.74) is 5.61. The zero-order chi connectivity index (χ0) is 50.1. The summed E-state index contributed by atoms with van der Waals surface area (Å²) in [6, 6.07) is 20.1. The fourth-order valence-electron chi connectivity index (χ4n) is 8.27. The molecule has 4 unspecified atom stereocenters. The second-order valence-electron chi connectivity index (χ2n) is 18.2. The summed E-state index contributed by atoms with van der Waals surface area (Å²) in [4.78, 5) is 47.3. The molecular weight excluding hydrogens is 941 g/mol. The Kier molecular flexibility index (Phi) is 17.2. The van der Waals surface area contributed by atoms with Crippen LogP contribution in [0.2, 0.25) is 0 Å². The third-order valence-electron chi connectivity index (χ3n) is 12.8. The van der Waals surface area contributed by atoms with Gasteiger partial charge in [-0.3, -0.25) is 14.9 Å². The number of aromatic nitrogens is 1. The number of aliphatic hydroxyl groups excluding tert-OH is 1. The number of hydrogen-bond acceptors (Lipinski definition) is 12. The molecule has 1 aliphatic carbocycles. The fourth-order valence-corrected chi connectivity index (χ4v) is 9.16. The molecule has 3 N–H and O–H groups in total. The molecule has 7 rings (SSSR count). The quantitative estimate of drug-likeness (QED) is 0.0729. The van der Waals surface area contributed by atoms with Crippen LogP contribution < -0.4 is 20.1 Å². The molecule has 70 heavy (non-hydrogen) atoms. The van der Waals surface area contributed by atoms with Crippen LogP contribution in [0.3, 0.4) is 0 Å². The number of fused-ring (bicyclic) bond motifs is 4. The van der Waals surface area contributed by atoms with Crippen LogP contribution in [0.25, 0.3) is 27.4 Å². The van der Waals surface area contributed by atoms with E-state index >= 15 is 0 Å². The van der Waals surface area contributed by atoms with Gasteiger partial charge >= 0.3 is 6.09 Å². The van der Waals surface area contributed by atoms with Crippen LogP contribution in [0, 0.1) is 41.4 Å². The van der Waals surface area contributed by atoms with Crippen molar-refractivity contribution in [2.24, 2.45) is 17.8 Å². The third-order valence-corrected chi connectivity index (χ3v) is 14.4. The largest absolute Gasteiger partial charge is 0.489 e. The van der Waals surface area contributed by atoms with Crippen LogP contribution in [-0.2, 0) is 43.8 Å². The smallest absolute Gasteiger partial charge is 0.411 e. The normalized spacial score (nSPS) is 19.2. The molecule has 0 radical (unpaired) electrons.